The van der Waals surface area contributed by atoms with Crippen LogP contribution in [-0.4, -0.2) is 27.1 Å². The average molecular weight is 389 g/mol. The van der Waals surface area contributed by atoms with Crippen molar-refractivity contribution in [1.82, 2.24) is 5.32 Å². The zero-order valence-corrected chi connectivity index (χ0v) is 17.2. The molecule has 2 rings (SSSR count). The Morgan fingerprint density at radius 2 is 1.74 bits per heavy atom. The van der Waals surface area contributed by atoms with Crippen molar-refractivity contribution in [1.29, 1.82) is 0 Å². The second-order valence-corrected chi connectivity index (χ2v) is 8.81. The molecule has 27 heavy (non-hydrogen) atoms. The lowest BCUT2D eigenvalue weighted by atomic mass is 10.1. The van der Waals surface area contributed by atoms with E-state index in [-0.39, 0.29) is 24.9 Å². The molecule has 2 aromatic carbocycles. The fourth-order valence-corrected chi connectivity index (χ4v) is 3.85. The van der Waals surface area contributed by atoms with Crippen molar-refractivity contribution in [2.24, 2.45) is 0 Å². The molecule has 0 aliphatic heterocycles. The zero-order chi connectivity index (χ0) is 20.0. The lowest BCUT2D eigenvalue weighted by molar-refractivity contribution is -0.121. The first kappa shape index (κ1) is 21.0. The van der Waals surface area contributed by atoms with Crippen molar-refractivity contribution in [3.8, 4) is 0 Å². The first-order chi connectivity index (χ1) is 12.7. The van der Waals surface area contributed by atoms with E-state index in [0.717, 1.165) is 16.7 Å². The molecule has 0 spiro atoms. The quantitative estimate of drug-likeness (QED) is 0.749. The van der Waals surface area contributed by atoms with Gasteiger partial charge in [-0.15, -0.1) is 0 Å². The third kappa shape index (κ3) is 6.10. The van der Waals surface area contributed by atoms with Crippen LogP contribution in [0.1, 0.15) is 42.5 Å². The first-order valence-corrected chi connectivity index (χ1v) is 10.9. The van der Waals surface area contributed by atoms with Crippen molar-refractivity contribution in [2.75, 3.05) is 17.1 Å². The number of hydrogen-bond donors (Lipinski definition) is 1. The smallest absolute Gasteiger partial charge is 0.232 e. The fraction of sp³-hybridized carbons (Fsp3) is 0.381. The molecule has 0 bridgehead atoms. The number of nitrogens with zero attached hydrogens (tertiary/aromatic N) is 1. The van der Waals surface area contributed by atoms with Crippen LogP contribution in [0.3, 0.4) is 0 Å². The van der Waals surface area contributed by atoms with Gasteiger partial charge in [-0.3, -0.25) is 9.10 Å². The normalized spacial score (nSPS) is 12.4. The number of benzene rings is 2. The summed E-state index contributed by atoms with van der Waals surface area (Å²) < 4.78 is 25.8. The Morgan fingerprint density at radius 3 is 2.33 bits per heavy atom. The second-order valence-electron chi connectivity index (χ2n) is 6.91. The fourth-order valence-electron chi connectivity index (χ4n) is 2.89. The lowest BCUT2D eigenvalue weighted by Gasteiger charge is -2.23. The monoisotopic (exact) mass is 388 g/mol. The van der Waals surface area contributed by atoms with E-state index in [1.54, 1.807) is 6.07 Å². The Hall–Kier alpha value is -2.34. The van der Waals surface area contributed by atoms with Gasteiger partial charge in [-0.05, 0) is 56.0 Å². The maximum absolute atomic E-state index is 12.2. The minimum absolute atomic E-state index is 0.0792. The molecule has 146 valence electrons. The van der Waals surface area contributed by atoms with Crippen LogP contribution >= 0.6 is 0 Å². The molecule has 0 saturated heterocycles. The van der Waals surface area contributed by atoms with Gasteiger partial charge in [0.15, 0.2) is 0 Å². The van der Waals surface area contributed by atoms with Gasteiger partial charge in [0.2, 0.25) is 15.9 Å². The van der Waals surface area contributed by atoms with E-state index in [1.165, 1.54) is 10.6 Å². The summed E-state index contributed by atoms with van der Waals surface area (Å²) in [4.78, 5) is 12.2. The molecule has 2 aromatic rings. The van der Waals surface area contributed by atoms with Crippen molar-refractivity contribution < 1.29 is 13.2 Å². The largest absolute Gasteiger partial charge is 0.350 e. The molecule has 0 heterocycles. The number of carbonyl (C=O) groups is 1. The highest BCUT2D eigenvalue weighted by Crippen LogP contribution is 2.22. The van der Waals surface area contributed by atoms with Crippen LogP contribution in [0, 0.1) is 13.8 Å². The van der Waals surface area contributed by atoms with E-state index in [2.05, 4.69) is 5.32 Å². The number of sulfonamides is 1. The summed E-state index contributed by atoms with van der Waals surface area (Å²) in [6.07, 6.45) is 1.92. The highest BCUT2D eigenvalue weighted by Gasteiger charge is 2.18. The maximum Gasteiger partial charge on any atom is 0.232 e. The lowest BCUT2D eigenvalue weighted by Crippen LogP contribution is -2.32. The summed E-state index contributed by atoms with van der Waals surface area (Å²) in [7, 11) is -3.41. The molecule has 0 saturated carbocycles. The number of carbonyl (C=O) groups excluding carboxylic acids is 1. The van der Waals surface area contributed by atoms with Crippen molar-refractivity contribution >= 4 is 21.6 Å². The summed E-state index contributed by atoms with van der Waals surface area (Å²) in [6.45, 7) is 6.15. The molecule has 1 amide bonds. The summed E-state index contributed by atoms with van der Waals surface area (Å²) in [6, 6.07) is 15.3. The Balaban J connectivity index is 1.95. The minimum atomic E-state index is -3.41. The molecule has 0 fully saturated rings. The predicted octanol–water partition coefficient (Wildman–Crippen LogP) is 3.73. The number of nitrogens with one attached hydrogen (secondary N) is 1. The van der Waals surface area contributed by atoms with Gasteiger partial charge >= 0.3 is 0 Å². The summed E-state index contributed by atoms with van der Waals surface area (Å²) in [5.41, 5.74) is 3.83. The van der Waals surface area contributed by atoms with Gasteiger partial charge < -0.3 is 5.32 Å². The van der Waals surface area contributed by atoms with Gasteiger partial charge in [-0.25, -0.2) is 8.42 Å². The van der Waals surface area contributed by atoms with Crippen LogP contribution in [0.15, 0.2) is 48.5 Å². The molecule has 0 aromatic heterocycles. The average Bonchev–Trinajstić information content (AvgIpc) is 2.61. The molecule has 0 unspecified atom stereocenters. The van der Waals surface area contributed by atoms with E-state index >= 15 is 0 Å². The number of rotatable bonds is 8. The predicted molar refractivity (Wildman–Crippen MR) is 110 cm³/mol. The van der Waals surface area contributed by atoms with E-state index in [0.29, 0.717) is 12.1 Å². The Morgan fingerprint density at radius 1 is 1.07 bits per heavy atom. The van der Waals surface area contributed by atoms with Crippen LogP contribution in [0.5, 0.6) is 0 Å². The molecule has 5 nitrogen and oxygen atoms in total. The van der Waals surface area contributed by atoms with Crippen LogP contribution in [-0.2, 0) is 14.8 Å². The number of aryl methyl sites for hydroxylation is 2. The highest BCUT2D eigenvalue weighted by atomic mass is 32.2. The van der Waals surface area contributed by atoms with Crippen LogP contribution in [0.4, 0.5) is 5.69 Å². The number of anilines is 1. The molecule has 0 radical (unpaired) electrons. The highest BCUT2D eigenvalue weighted by molar-refractivity contribution is 7.92. The summed E-state index contributed by atoms with van der Waals surface area (Å²) in [5, 5.41) is 2.96. The van der Waals surface area contributed by atoms with Crippen LogP contribution in [0.25, 0.3) is 0 Å². The van der Waals surface area contributed by atoms with Crippen molar-refractivity contribution in [2.45, 2.75) is 39.7 Å². The van der Waals surface area contributed by atoms with E-state index in [4.69, 9.17) is 0 Å². The first-order valence-electron chi connectivity index (χ1n) is 9.08. The number of amides is 1. The Kier molecular flexibility index (Phi) is 7.02. The third-order valence-corrected chi connectivity index (χ3v) is 5.81. The topological polar surface area (TPSA) is 66.5 Å². The third-order valence-electron chi connectivity index (χ3n) is 4.62. The van der Waals surface area contributed by atoms with E-state index in [1.807, 2.05) is 63.2 Å². The van der Waals surface area contributed by atoms with Gasteiger partial charge in [0.1, 0.15) is 0 Å². The summed E-state index contributed by atoms with van der Waals surface area (Å²) >= 11 is 0. The van der Waals surface area contributed by atoms with E-state index < -0.39 is 10.0 Å². The standard InChI is InChI=1S/C21H28N2O3S/c1-16-12-13-20(15-17(16)2)23(27(4,25)26)14-8-11-21(24)22-18(3)19-9-6-5-7-10-19/h5-7,9-10,12-13,15,18H,8,11,14H2,1-4H3,(H,22,24)/t18-/m1/s1. The van der Waals surface area contributed by atoms with Gasteiger partial charge in [0, 0.05) is 13.0 Å². The minimum Gasteiger partial charge on any atom is -0.350 e. The molecule has 0 aliphatic rings. The SMILES string of the molecule is Cc1ccc(N(CCCC(=O)N[C@H](C)c2ccccc2)S(C)(=O)=O)cc1C. The molecule has 1 atom stereocenters. The van der Waals surface area contributed by atoms with Gasteiger partial charge in [-0.1, -0.05) is 36.4 Å². The molecule has 6 heteroatoms. The summed E-state index contributed by atoms with van der Waals surface area (Å²) in [5.74, 6) is -0.0834. The maximum atomic E-state index is 12.2. The molecule has 1 N–H and O–H groups in total. The second kappa shape index (κ2) is 9.04. The van der Waals surface area contributed by atoms with Crippen molar-refractivity contribution in [3.05, 3.63) is 65.2 Å². The molecule has 0 aliphatic carbocycles. The van der Waals surface area contributed by atoms with Crippen LogP contribution in [0.2, 0.25) is 0 Å². The molecular formula is C21H28N2O3S. The van der Waals surface area contributed by atoms with Crippen molar-refractivity contribution in [3.63, 3.8) is 0 Å². The molecular weight excluding hydrogens is 360 g/mol. The van der Waals surface area contributed by atoms with Gasteiger partial charge in [0.05, 0.1) is 18.0 Å². The van der Waals surface area contributed by atoms with Gasteiger partial charge in [0.25, 0.3) is 0 Å². The van der Waals surface area contributed by atoms with Gasteiger partial charge in [-0.2, -0.15) is 0 Å². The Bertz CT molecular complexity index is 880. The van der Waals surface area contributed by atoms with Crippen LogP contribution < -0.4 is 9.62 Å². The Labute approximate surface area is 162 Å². The zero-order valence-electron chi connectivity index (χ0n) is 16.4. The van der Waals surface area contributed by atoms with E-state index in [9.17, 15) is 13.2 Å². The number of hydrogen-bond acceptors (Lipinski definition) is 3.